The topological polar surface area (TPSA) is 40.4 Å². The minimum atomic E-state index is -0.350. The van der Waals surface area contributed by atoms with Gasteiger partial charge in [-0.2, -0.15) is 9.37 Å². The van der Waals surface area contributed by atoms with E-state index in [0.29, 0.717) is 17.3 Å². The summed E-state index contributed by atoms with van der Waals surface area (Å²) in [6, 6.07) is 14.9. The van der Waals surface area contributed by atoms with E-state index in [4.69, 9.17) is 11.6 Å². The molecule has 2 aliphatic heterocycles. The fourth-order valence-corrected chi connectivity index (χ4v) is 6.18. The van der Waals surface area contributed by atoms with Crippen molar-refractivity contribution in [3.05, 3.63) is 75.2 Å². The van der Waals surface area contributed by atoms with Gasteiger partial charge in [-0.05, 0) is 72.9 Å². The minimum Gasteiger partial charge on any atom is -0.245 e. The van der Waals surface area contributed by atoms with Gasteiger partial charge in [0.2, 0.25) is 0 Å². The molecule has 1 unspecified atom stereocenters. The van der Waals surface area contributed by atoms with Gasteiger partial charge in [0.05, 0.1) is 0 Å². The van der Waals surface area contributed by atoms with E-state index in [1.807, 2.05) is 4.58 Å². The summed E-state index contributed by atoms with van der Waals surface area (Å²) in [5.74, 6) is -0.487. The highest BCUT2D eigenvalue weighted by atomic mass is 35.5. The van der Waals surface area contributed by atoms with Crippen molar-refractivity contribution in [1.29, 1.82) is 0 Å². The van der Waals surface area contributed by atoms with Crippen LogP contribution in [-0.4, -0.2) is 21.6 Å². The average molecular weight is 452 g/mol. The molecule has 0 fully saturated rings. The van der Waals surface area contributed by atoms with Crippen molar-refractivity contribution in [3.8, 4) is 0 Å². The number of allylic oxidation sites excluding steroid dienone is 1. The summed E-state index contributed by atoms with van der Waals surface area (Å²) in [5, 5.41) is 1.46. The lowest BCUT2D eigenvalue weighted by Gasteiger charge is -2.26. The molecule has 3 aliphatic rings. The maximum Gasteiger partial charge on any atom is 0.506 e. The summed E-state index contributed by atoms with van der Waals surface area (Å²) >= 11 is 7.72. The Kier molecular flexibility index (Phi) is 5.49. The molecule has 0 N–H and O–H groups in total. The van der Waals surface area contributed by atoms with Crippen LogP contribution in [-0.2, 0) is 11.3 Å². The standard InChI is InChI=1S/C25H24ClN2O2S/c1-16-7-9-17(10-8-16)15-27-24-22(20-5-3-2-4-6-21(20)31-24)23(29)28(25(27)30)19-13-11-18(26)12-14-19/h7-14,22H,2-6,15H2,1H3/q+1. The minimum absolute atomic E-state index is 0.137. The summed E-state index contributed by atoms with van der Waals surface area (Å²) in [5.41, 5.74) is 4.03. The number of fused-ring (bicyclic) bond motifs is 2. The third kappa shape index (κ3) is 3.74. The first-order valence-electron chi connectivity index (χ1n) is 10.8. The molecule has 0 saturated heterocycles. The van der Waals surface area contributed by atoms with Gasteiger partial charge in [0, 0.05) is 5.02 Å². The van der Waals surface area contributed by atoms with E-state index in [9.17, 15) is 9.59 Å². The van der Waals surface area contributed by atoms with E-state index in [1.165, 1.54) is 27.4 Å². The Morgan fingerprint density at radius 2 is 1.71 bits per heavy atom. The Balaban J connectivity index is 1.61. The zero-order valence-electron chi connectivity index (χ0n) is 17.4. The number of carbonyl (C=O) groups excluding carboxylic acids is 2. The molecule has 31 heavy (non-hydrogen) atoms. The largest absolute Gasteiger partial charge is 0.506 e. The van der Waals surface area contributed by atoms with Gasteiger partial charge in [-0.1, -0.05) is 59.6 Å². The normalized spacial score (nSPS) is 21.4. The number of anilines is 1. The number of rotatable bonds is 3. The summed E-state index contributed by atoms with van der Waals surface area (Å²) < 4.78 is 1.81. The first kappa shape index (κ1) is 20.5. The van der Waals surface area contributed by atoms with E-state index >= 15 is 0 Å². The number of thioether (sulfide) groups is 1. The lowest BCUT2D eigenvalue weighted by atomic mass is 9.93. The highest BCUT2D eigenvalue weighted by molar-refractivity contribution is 8.17. The third-order valence-electron chi connectivity index (χ3n) is 6.23. The molecule has 158 valence electrons. The van der Waals surface area contributed by atoms with Crippen molar-refractivity contribution >= 4 is 46.0 Å². The molecule has 0 bridgehead atoms. The molecular weight excluding hydrogens is 428 g/mol. The molecule has 5 rings (SSSR count). The molecule has 2 aromatic rings. The summed E-state index contributed by atoms with van der Waals surface area (Å²) in [7, 11) is 0. The van der Waals surface area contributed by atoms with Crippen molar-refractivity contribution in [1.82, 2.24) is 0 Å². The van der Waals surface area contributed by atoms with Gasteiger partial charge in [-0.15, -0.1) is 4.90 Å². The van der Waals surface area contributed by atoms with E-state index in [0.717, 1.165) is 36.3 Å². The van der Waals surface area contributed by atoms with Crippen molar-refractivity contribution in [3.63, 3.8) is 0 Å². The predicted octanol–water partition coefficient (Wildman–Crippen LogP) is 6.31. The molecule has 4 nitrogen and oxygen atoms in total. The van der Waals surface area contributed by atoms with Crippen LogP contribution < -0.4 is 4.90 Å². The number of halogens is 1. The van der Waals surface area contributed by atoms with Gasteiger partial charge in [0.1, 0.15) is 12.2 Å². The lowest BCUT2D eigenvalue weighted by molar-refractivity contribution is -0.443. The van der Waals surface area contributed by atoms with Gasteiger partial charge in [-0.3, -0.25) is 0 Å². The van der Waals surface area contributed by atoms with E-state index in [-0.39, 0.29) is 17.9 Å². The second-order valence-electron chi connectivity index (χ2n) is 8.39. The van der Waals surface area contributed by atoms with Crippen molar-refractivity contribution < 1.29 is 14.2 Å². The molecule has 0 aromatic heterocycles. The molecular formula is C25H24ClN2O2S+. The second-order valence-corrected chi connectivity index (χ2v) is 9.94. The van der Waals surface area contributed by atoms with Crippen LogP contribution in [0.4, 0.5) is 10.5 Å². The number of aryl methyl sites for hydroxylation is 1. The number of imide groups is 1. The molecule has 1 aliphatic carbocycles. The van der Waals surface area contributed by atoms with Crippen LogP contribution in [0, 0.1) is 12.8 Å². The summed E-state index contributed by atoms with van der Waals surface area (Å²) in [6.45, 7) is 2.51. The summed E-state index contributed by atoms with van der Waals surface area (Å²) in [4.78, 5) is 30.0. The fraction of sp³-hybridized carbons (Fsp3) is 0.320. The van der Waals surface area contributed by atoms with Gasteiger partial charge in [0.15, 0.2) is 11.0 Å². The molecule has 2 aromatic carbocycles. The molecule has 0 spiro atoms. The Labute approximate surface area is 191 Å². The Hall–Kier alpha value is -2.37. The maximum atomic E-state index is 13.7. The second kappa shape index (κ2) is 8.29. The van der Waals surface area contributed by atoms with Gasteiger partial charge < -0.3 is 0 Å². The molecule has 2 heterocycles. The fourth-order valence-electron chi connectivity index (χ4n) is 4.59. The Morgan fingerprint density at radius 1 is 1.00 bits per heavy atom. The first-order valence-corrected chi connectivity index (χ1v) is 12.0. The Morgan fingerprint density at radius 3 is 2.45 bits per heavy atom. The van der Waals surface area contributed by atoms with Crippen molar-refractivity contribution in [2.75, 3.05) is 4.90 Å². The number of benzene rings is 2. The summed E-state index contributed by atoms with van der Waals surface area (Å²) in [6.07, 6.45) is 5.37. The molecule has 6 heteroatoms. The molecule has 0 radical (unpaired) electrons. The van der Waals surface area contributed by atoms with Crippen LogP contribution in [0.2, 0.25) is 5.02 Å². The maximum absolute atomic E-state index is 13.7. The Bertz CT molecular complexity index is 1120. The number of urea groups is 1. The third-order valence-corrected chi connectivity index (χ3v) is 7.86. The molecule has 0 saturated carbocycles. The predicted molar refractivity (Wildman–Crippen MR) is 126 cm³/mol. The van der Waals surface area contributed by atoms with E-state index in [1.54, 1.807) is 36.0 Å². The lowest BCUT2D eigenvalue weighted by Crippen LogP contribution is -2.53. The number of hydrogen-bond donors (Lipinski definition) is 0. The smallest absolute Gasteiger partial charge is 0.245 e. The van der Waals surface area contributed by atoms with Crippen LogP contribution in [0.3, 0.4) is 0 Å². The van der Waals surface area contributed by atoms with Crippen LogP contribution in [0.1, 0.15) is 43.2 Å². The quantitative estimate of drug-likeness (QED) is 0.513. The van der Waals surface area contributed by atoms with Gasteiger partial charge in [0.25, 0.3) is 0 Å². The zero-order chi connectivity index (χ0) is 21.5. The van der Waals surface area contributed by atoms with E-state index in [2.05, 4.69) is 31.2 Å². The molecule has 1 atom stereocenters. The average Bonchev–Trinajstić information content (AvgIpc) is 2.96. The zero-order valence-corrected chi connectivity index (χ0v) is 19.0. The number of hydrogen-bond acceptors (Lipinski definition) is 3. The number of nitrogens with zero attached hydrogens (tertiary/aromatic N) is 2. The highest BCUT2D eigenvalue weighted by Crippen LogP contribution is 2.47. The molecule has 3 amide bonds. The van der Waals surface area contributed by atoms with Crippen LogP contribution in [0.15, 0.2) is 59.0 Å². The van der Waals surface area contributed by atoms with Crippen molar-refractivity contribution in [2.45, 2.75) is 45.6 Å². The number of amides is 3. The number of carbonyl (C=O) groups is 2. The van der Waals surface area contributed by atoms with Gasteiger partial charge in [-0.25, -0.2) is 4.79 Å². The monoisotopic (exact) mass is 451 g/mol. The first-order chi connectivity index (χ1) is 15.0. The SMILES string of the molecule is Cc1ccc(C[N+]2=C3SC4=C(CCCCC4)C3C(=O)N(c3ccc(Cl)cc3)C2=O)cc1. The van der Waals surface area contributed by atoms with Gasteiger partial charge >= 0.3 is 11.9 Å². The van der Waals surface area contributed by atoms with Crippen LogP contribution in [0.25, 0.3) is 0 Å². The highest BCUT2D eigenvalue weighted by Gasteiger charge is 2.54. The van der Waals surface area contributed by atoms with Crippen molar-refractivity contribution in [2.24, 2.45) is 5.92 Å². The van der Waals surface area contributed by atoms with Crippen LogP contribution in [0.5, 0.6) is 0 Å². The van der Waals surface area contributed by atoms with E-state index < -0.39 is 0 Å². The van der Waals surface area contributed by atoms with Crippen LogP contribution >= 0.6 is 23.4 Å².